The second kappa shape index (κ2) is 7.82. The Kier molecular flexibility index (Phi) is 5.49. The molecule has 0 fully saturated rings. The number of rotatable bonds is 2. The van der Waals surface area contributed by atoms with E-state index in [1.165, 1.54) is 12.1 Å². The Morgan fingerprint density at radius 3 is 2.15 bits per heavy atom. The molecular weight excluding hydrogens is 343 g/mol. The lowest BCUT2D eigenvalue weighted by molar-refractivity contribution is 0.305. The molecule has 4 nitrogen and oxygen atoms in total. The van der Waals surface area contributed by atoms with Crippen molar-refractivity contribution in [3.05, 3.63) is 64.2 Å². The molecule has 0 saturated carbocycles. The van der Waals surface area contributed by atoms with E-state index in [1.807, 2.05) is 39.0 Å². The van der Waals surface area contributed by atoms with Crippen LogP contribution in [0.25, 0.3) is 22.3 Å². The molecule has 2 heterocycles. The Hall–Kier alpha value is -2.82. The van der Waals surface area contributed by atoms with Crippen molar-refractivity contribution >= 4 is 0 Å². The van der Waals surface area contributed by atoms with Crippen molar-refractivity contribution < 1.29 is 9.50 Å². The van der Waals surface area contributed by atoms with Crippen LogP contribution in [0.4, 0.5) is 4.39 Å². The zero-order chi connectivity index (χ0) is 19.6. The lowest BCUT2D eigenvalue weighted by Crippen LogP contribution is -2.27. The van der Waals surface area contributed by atoms with Gasteiger partial charge in [0.05, 0.1) is 0 Å². The van der Waals surface area contributed by atoms with Crippen molar-refractivity contribution in [2.75, 3.05) is 0 Å². The molecule has 0 radical (unpaired) electrons. The van der Waals surface area contributed by atoms with Crippen LogP contribution in [0.15, 0.2) is 47.3 Å². The monoisotopic (exact) mass is 368 g/mol. The third-order valence-corrected chi connectivity index (χ3v) is 4.88. The van der Waals surface area contributed by atoms with Gasteiger partial charge in [0.25, 0.3) is 5.56 Å². The molecule has 1 aliphatic rings. The van der Waals surface area contributed by atoms with Gasteiger partial charge in [-0.05, 0) is 60.2 Å². The molecule has 0 atom stereocenters. The zero-order valence-electron chi connectivity index (χ0n) is 16.0. The number of benzene rings is 2. The fraction of sp³-hybridized carbons (Fsp3) is 0.318. The van der Waals surface area contributed by atoms with Crippen LogP contribution < -0.4 is 5.56 Å². The summed E-state index contributed by atoms with van der Waals surface area (Å²) >= 11 is 0. The number of aromatic nitrogens is 2. The summed E-state index contributed by atoms with van der Waals surface area (Å²) in [5.74, 6) is -0.254. The van der Waals surface area contributed by atoms with Crippen molar-refractivity contribution in [2.24, 2.45) is 0 Å². The summed E-state index contributed by atoms with van der Waals surface area (Å²) in [6.45, 7) is 7.20. The smallest absolute Gasteiger partial charge is 0.278 e. The predicted molar refractivity (Wildman–Crippen MR) is 107 cm³/mol. The Labute approximate surface area is 158 Å². The highest BCUT2D eigenvalue weighted by atomic mass is 19.1. The summed E-state index contributed by atoms with van der Waals surface area (Å²) in [7, 11) is 0. The molecule has 0 unspecified atom stereocenters. The first kappa shape index (κ1) is 19.0. The van der Waals surface area contributed by atoms with E-state index in [9.17, 15) is 14.3 Å². The lowest BCUT2D eigenvalue weighted by atomic mass is 9.96. The summed E-state index contributed by atoms with van der Waals surface area (Å²) in [6.07, 6.45) is 1.90. The van der Waals surface area contributed by atoms with E-state index in [1.54, 1.807) is 21.5 Å². The molecule has 4 rings (SSSR count). The number of halogens is 1. The Morgan fingerprint density at radius 1 is 0.926 bits per heavy atom. The minimum atomic E-state index is -0.285. The molecule has 0 bridgehead atoms. The van der Waals surface area contributed by atoms with Crippen LogP contribution in [0.2, 0.25) is 0 Å². The Bertz CT molecular complexity index is 1000. The molecule has 27 heavy (non-hydrogen) atoms. The largest absolute Gasteiger partial charge is 0.493 e. The molecule has 0 amide bonds. The molecule has 5 heteroatoms. The first-order valence-electron chi connectivity index (χ1n) is 9.46. The van der Waals surface area contributed by atoms with Crippen LogP contribution in [0.5, 0.6) is 5.88 Å². The molecule has 142 valence electrons. The highest BCUT2D eigenvalue weighted by molar-refractivity contribution is 5.77. The topological polar surface area (TPSA) is 47.2 Å². The molecule has 1 N–H and O–H groups in total. The SMILES string of the molecule is CC.Cc1ccc(-c2ccc(F)cc2)cc1-c1c(O)n2n(c1=O)CCCC2. The second-order valence-corrected chi connectivity index (χ2v) is 6.49. The van der Waals surface area contributed by atoms with Gasteiger partial charge in [-0.15, -0.1) is 0 Å². The summed E-state index contributed by atoms with van der Waals surface area (Å²) in [6, 6.07) is 12.0. The molecule has 1 aliphatic heterocycles. The van der Waals surface area contributed by atoms with E-state index in [0.29, 0.717) is 18.7 Å². The number of hydrogen-bond acceptors (Lipinski definition) is 2. The second-order valence-electron chi connectivity index (χ2n) is 6.49. The maximum Gasteiger partial charge on any atom is 0.278 e. The van der Waals surface area contributed by atoms with Crippen LogP contribution in [0, 0.1) is 12.7 Å². The van der Waals surface area contributed by atoms with Gasteiger partial charge in [0.2, 0.25) is 5.88 Å². The third kappa shape index (κ3) is 3.42. The fourth-order valence-corrected chi connectivity index (χ4v) is 3.50. The van der Waals surface area contributed by atoms with Gasteiger partial charge in [-0.3, -0.25) is 9.48 Å². The van der Waals surface area contributed by atoms with Crippen molar-refractivity contribution in [1.82, 2.24) is 9.36 Å². The van der Waals surface area contributed by atoms with E-state index in [4.69, 9.17) is 0 Å². The van der Waals surface area contributed by atoms with Crippen molar-refractivity contribution in [1.29, 1.82) is 0 Å². The number of hydrogen-bond donors (Lipinski definition) is 1. The van der Waals surface area contributed by atoms with Gasteiger partial charge in [0.1, 0.15) is 11.4 Å². The zero-order valence-corrected chi connectivity index (χ0v) is 16.0. The molecule has 3 aromatic rings. The average molecular weight is 368 g/mol. The quantitative estimate of drug-likeness (QED) is 0.695. The van der Waals surface area contributed by atoms with Gasteiger partial charge < -0.3 is 5.11 Å². The third-order valence-electron chi connectivity index (χ3n) is 4.88. The molecule has 0 saturated heterocycles. The summed E-state index contributed by atoms with van der Waals surface area (Å²) in [5.41, 5.74) is 3.58. The van der Waals surface area contributed by atoms with E-state index < -0.39 is 0 Å². The highest BCUT2D eigenvalue weighted by Crippen LogP contribution is 2.33. The van der Waals surface area contributed by atoms with Crippen LogP contribution in [0.3, 0.4) is 0 Å². The van der Waals surface area contributed by atoms with E-state index in [2.05, 4.69) is 0 Å². The van der Waals surface area contributed by atoms with Crippen LogP contribution >= 0.6 is 0 Å². The molecule has 0 spiro atoms. The minimum absolute atomic E-state index is 0.0315. The first-order chi connectivity index (χ1) is 13.1. The maximum atomic E-state index is 13.2. The maximum absolute atomic E-state index is 13.2. The van der Waals surface area contributed by atoms with Gasteiger partial charge in [-0.2, -0.15) is 0 Å². The van der Waals surface area contributed by atoms with E-state index in [-0.39, 0.29) is 17.3 Å². The van der Waals surface area contributed by atoms with Crippen molar-refractivity contribution in [3.8, 4) is 28.1 Å². The highest BCUT2D eigenvalue weighted by Gasteiger charge is 2.24. The average Bonchev–Trinajstić information content (AvgIpc) is 2.96. The fourth-order valence-electron chi connectivity index (χ4n) is 3.50. The van der Waals surface area contributed by atoms with Crippen molar-refractivity contribution in [2.45, 2.75) is 46.7 Å². The van der Waals surface area contributed by atoms with Gasteiger partial charge in [0, 0.05) is 13.1 Å². The van der Waals surface area contributed by atoms with Gasteiger partial charge >= 0.3 is 0 Å². The van der Waals surface area contributed by atoms with Gasteiger partial charge in [0.15, 0.2) is 0 Å². The molecule has 1 aromatic heterocycles. The molecular formula is C22H25FN2O2. The van der Waals surface area contributed by atoms with Crippen molar-refractivity contribution in [3.63, 3.8) is 0 Å². The standard InChI is InChI=1S/C20H19FN2O2.C2H6/c1-13-4-5-15(14-6-8-16(21)9-7-14)12-17(13)18-19(24)22-10-2-3-11-23(22)20(18)25;1-2/h4-9,12,24H,2-3,10-11H2,1H3;1-2H3. The van der Waals surface area contributed by atoms with Crippen LogP contribution in [0.1, 0.15) is 32.3 Å². The normalized spacial score (nSPS) is 12.9. The number of aryl methyl sites for hydroxylation is 1. The van der Waals surface area contributed by atoms with Crippen LogP contribution in [-0.2, 0) is 13.1 Å². The van der Waals surface area contributed by atoms with Gasteiger partial charge in [-0.1, -0.05) is 38.1 Å². The molecule has 0 aliphatic carbocycles. The first-order valence-corrected chi connectivity index (χ1v) is 9.46. The predicted octanol–water partition coefficient (Wildman–Crippen LogP) is 4.96. The Balaban J connectivity index is 0.00000102. The summed E-state index contributed by atoms with van der Waals surface area (Å²) in [4.78, 5) is 12.8. The lowest BCUT2D eigenvalue weighted by Gasteiger charge is -2.16. The van der Waals surface area contributed by atoms with Crippen LogP contribution in [-0.4, -0.2) is 14.5 Å². The van der Waals surface area contributed by atoms with E-state index in [0.717, 1.165) is 35.1 Å². The summed E-state index contributed by atoms with van der Waals surface area (Å²) in [5, 5.41) is 10.6. The molecule has 2 aromatic carbocycles. The number of nitrogens with zero attached hydrogens (tertiary/aromatic N) is 2. The minimum Gasteiger partial charge on any atom is -0.493 e. The number of fused-ring (bicyclic) bond motifs is 1. The van der Waals surface area contributed by atoms with Gasteiger partial charge in [-0.25, -0.2) is 9.07 Å². The summed E-state index contributed by atoms with van der Waals surface area (Å²) < 4.78 is 16.5. The number of aromatic hydroxyl groups is 1. The van der Waals surface area contributed by atoms with E-state index >= 15 is 0 Å². The Morgan fingerprint density at radius 2 is 1.52 bits per heavy atom.